The molecule has 2 aromatic heterocycles. The molecule has 1 N–H and O–H groups in total. The van der Waals surface area contributed by atoms with E-state index in [0.717, 1.165) is 34.0 Å². The van der Waals surface area contributed by atoms with Gasteiger partial charge in [-0.15, -0.1) is 0 Å². The largest absolute Gasteiger partial charge is 0.496 e. The Labute approximate surface area is 145 Å². The van der Waals surface area contributed by atoms with Crippen LogP contribution in [0.4, 0.5) is 5.82 Å². The molecule has 124 valence electrons. The van der Waals surface area contributed by atoms with Crippen molar-refractivity contribution in [1.29, 1.82) is 0 Å². The minimum atomic E-state index is 0.609. The van der Waals surface area contributed by atoms with Gasteiger partial charge in [0.15, 0.2) is 11.5 Å². The highest BCUT2D eigenvalue weighted by molar-refractivity contribution is 5.69. The molecule has 4 aromatic rings. The molecule has 4 rings (SSSR count). The number of imidazole rings is 1. The van der Waals surface area contributed by atoms with Crippen molar-refractivity contribution < 1.29 is 4.74 Å². The number of nitrogens with zero attached hydrogens (tertiary/aromatic N) is 3. The van der Waals surface area contributed by atoms with Crippen LogP contribution in [0.2, 0.25) is 0 Å². The first-order valence-corrected chi connectivity index (χ1v) is 8.10. The average molecular weight is 330 g/mol. The van der Waals surface area contributed by atoms with E-state index in [0.29, 0.717) is 6.54 Å². The topological polar surface area (TPSA) is 51.5 Å². The van der Waals surface area contributed by atoms with E-state index in [1.54, 1.807) is 13.3 Å². The molecule has 0 aliphatic carbocycles. The SMILES string of the molecule is COc1ccccc1CNc1nc(-c2ccccc2)cn2ccnc12. The van der Waals surface area contributed by atoms with E-state index >= 15 is 0 Å². The highest BCUT2D eigenvalue weighted by Crippen LogP contribution is 2.23. The molecule has 0 bridgehead atoms. The van der Waals surface area contributed by atoms with Crippen molar-refractivity contribution in [3.63, 3.8) is 0 Å². The molecule has 5 nitrogen and oxygen atoms in total. The number of anilines is 1. The zero-order valence-electron chi connectivity index (χ0n) is 13.9. The van der Waals surface area contributed by atoms with Crippen molar-refractivity contribution in [2.45, 2.75) is 6.54 Å². The van der Waals surface area contributed by atoms with Gasteiger partial charge < -0.3 is 14.5 Å². The Hall–Kier alpha value is -3.34. The third kappa shape index (κ3) is 3.04. The monoisotopic (exact) mass is 330 g/mol. The Morgan fingerprint density at radius 1 is 1.04 bits per heavy atom. The van der Waals surface area contributed by atoms with Gasteiger partial charge in [-0.3, -0.25) is 0 Å². The van der Waals surface area contributed by atoms with Crippen LogP contribution >= 0.6 is 0 Å². The lowest BCUT2D eigenvalue weighted by molar-refractivity contribution is 0.410. The molecule has 0 spiro atoms. The molecule has 0 fully saturated rings. The number of aromatic nitrogens is 3. The Bertz CT molecular complexity index is 995. The van der Waals surface area contributed by atoms with Crippen LogP contribution in [-0.4, -0.2) is 21.5 Å². The summed E-state index contributed by atoms with van der Waals surface area (Å²) >= 11 is 0. The van der Waals surface area contributed by atoms with Gasteiger partial charge in [0.05, 0.1) is 12.8 Å². The zero-order valence-corrected chi connectivity index (χ0v) is 13.9. The Morgan fingerprint density at radius 3 is 2.68 bits per heavy atom. The summed E-state index contributed by atoms with van der Waals surface area (Å²) in [5.74, 6) is 1.60. The van der Waals surface area contributed by atoms with Gasteiger partial charge in [-0.05, 0) is 6.07 Å². The van der Waals surface area contributed by atoms with E-state index in [1.165, 1.54) is 0 Å². The number of ether oxygens (including phenoxy) is 1. The van der Waals surface area contributed by atoms with Gasteiger partial charge in [-0.1, -0.05) is 48.5 Å². The first-order chi connectivity index (χ1) is 12.3. The van der Waals surface area contributed by atoms with Crippen molar-refractivity contribution in [3.8, 4) is 17.0 Å². The minimum Gasteiger partial charge on any atom is -0.496 e. The third-order valence-corrected chi connectivity index (χ3v) is 4.08. The lowest BCUT2D eigenvalue weighted by atomic mass is 10.1. The van der Waals surface area contributed by atoms with Crippen LogP contribution in [0.5, 0.6) is 5.75 Å². The quantitative estimate of drug-likeness (QED) is 0.600. The van der Waals surface area contributed by atoms with E-state index in [4.69, 9.17) is 9.72 Å². The fraction of sp³-hybridized carbons (Fsp3) is 0.100. The van der Waals surface area contributed by atoms with Gasteiger partial charge >= 0.3 is 0 Å². The molecule has 0 atom stereocenters. The van der Waals surface area contributed by atoms with Crippen LogP contribution in [0.15, 0.2) is 73.2 Å². The normalized spacial score (nSPS) is 10.8. The third-order valence-electron chi connectivity index (χ3n) is 4.08. The highest BCUT2D eigenvalue weighted by Gasteiger charge is 2.10. The van der Waals surface area contributed by atoms with Crippen LogP contribution in [0.1, 0.15) is 5.56 Å². The fourth-order valence-corrected chi connectivity index (χ4v) is 2.83. The van der Waals surface area contributed by atoms with Gasteiger partial charge in [0.25, 0.3) is 0 Å². The van der Waals surface area contributed by atoms with Crippen LogP contribution < -0.4 is 10.1 Å². The fourth-order valence-electron chi connectivity index (χ4n) is 2.83. The second kappa shape index (κ2) is 6.65. The van der Waals surface area contributed by atoms with Crippen molar-refractivity contribution in [2.75, 3.05) is 12.4 Å². The second-order valence-electron chi connectivity index (χ2n) is 5.66. The van der Waals surface area contributed by atoms with Gasteiger partial charge in [0.2, 0.25) is 0 Å². The summed E-state index contributed by atoms with van der Waals surface area (Å²) in [5, 5.41) is 3.40. The molecule has 0 unspecified atom stereocenters. The molecule has 2 aromatic carbocycles. The number of fused-ring (bicyclic) bond motifs is 1. The van der Waals surface area contributed by atoms with Gasteiger partial charge in [0.1, 0.15) is 5.75 Å². The standard InChI is InChI=1S/C20H18N4O/c1-25-18-10-6-5-9-16(18)13-22-19-20-21-11-12-24(20)14-17(23-19)15-7-3-2-4-8-15/h2-12,14H,13H2,1H3,(H,22,23). The predicted molar refractivity (Wildman–Crippen MR) is 98.7 cm³/mol. The summed E-state index contributed by atoms with van der Waals surface area (Å²) in [7, 11) is 1.68. The van der Waals surface area contributed by atoms with Crippen molar-refractivity contribution in [1.82, 2.24) is 14.4 Å². The number of rotatable bonds is 5. The minimum absolute atomic E-state index is 0.609. The van der Waals surface area contributed by atoms with Gasteiger partial charge in [-0.25, -0.2) is 9.97 Å². The van der Waals surface area contributed by atoms with Gasteiger partial charge in [0, 0.05) is 36.3 Å². The maximum atomic E-state index is 5.42. The molecule has 0 amide bonds. The number of hydrogen-bond acceptors (Lipinski definition) is 4. The summed E-state index contributed by atoms with van der Waals surface area (Å²) in [6.07, 6.45) is 5.70. The summed E-state index contributed by atoms with van der Waals surface area (Å²) < 4.78 is 7.40. The number of benzene rings is 2. The van der Waals surface area contributed by atoms with Crippen molar-refractivity contribution >= 4 is 11.5 Å². The number of methoxy groups -OCH3 is 1. The van der Waals surface area contributed by atoms with E-state index in [-0.39, 0.29) is 0 Å². The van der Waals surface area contributed by atoms with Crippen molar-refractivity contribution in [2.24, 2.45) is 0 Å². The maximum Gasteiger partial charge on any atom is 0.180 e. The highest BCUT2D eigenvalue weighted by atomic mass is 16.5. The maximum absolute atomic E-state index is 5.42. The molecule has 0 aliphatic heterocycles. The smallest absolute Gasteiger partial charge is 0.180 e. The number of nitrogens with one attached hydrogen (secondary N) is 1. The average Bonchev–Trinajstić information content (AvgIpc) is 3.15. The predicted octanol–water partition coefficient (Wildman–Crippen LogP) is 4.02. The molecule has 25 heavy (non-hydrogen) atoms. The molecular weight excluding hydrogens is 312 g/mol. The summed E-state index contributed by atoms with van der Waals surface area (Å²) in [6, 6.07) is 18.1. The molecule has 2 heterocycles. The Balaban J connectivity index is 1.70. The van der Waals surface area contributed by atoms with Crippen LogP contribution in [0.25, 0.3) is 16.9 Å². The molecule has 0 saturated carbocycles. The molecule has 5 heteroatoms. The van der Waals surface area contributed by atoms with E-state index in [2.05, 4.69) is 22.4 Å². The molecule has 0 aliphatic rings. The van der Waals surface area contributed by atoms with Crippen LogP contribution in [-0.2, 0) is 6.54 Å². The molecule has 0 radical (unpaired) electrons. The summed E-state index contributed by atoms with van der Waals surface area (Å²) in [4.78, 5) is 9.19. The van der Waals surface area contributed by atoms with E-state index < -0.39 is 0 Å². The second-order valence-corrected chi connectivity index (χ2v) is 5.66. The van der Waals surface area contributed by atoms with Crippen molar-refractivity contribution in [3.05, 3.63) is 78.8 Å². The Morgan fingerprint density at radius 2 is 1.84 bits per heavy atom. The van der Waals surface area contributed by atoms with E-state index in [1.807, 2.05) is 59.3 Å². The zero-order chi connectivity index (χ0) is 17.1. The lowest BCUT2D eigenvalue weighted by Crippen LogP contribution is -2.06. The number of para-hydroxylation sites is 1. The van der Waals surface area contributed by atoms with Gasteiger partial charge in [-0.2, -0.15) is 0 Å². The summed E-state index contributed by atoms with van der Waals surface area (Å²) in [6.45, 7) is 0.609. The molecule has 0 saturated heterocycles. The van der Waals surface area contributed by atoms with Crippen LogP contribution in [0.3, 0.4) is 0 Å². The Kier molecular flexibility index (Phi) is 4.04. The summed E-state index contributed by atoms with van der Waals surface area (Å²) in [5.41, 5.74) is 3.84. The lowest BCUT2D eigenvalue weighted by Gasteiger charge is -2.12. The van der Waals surface area contributed by atoms with Crippen LogP contribution in [0, 0.1) is 0 Å². The first kappa shape index (κ1) is 15.2. The number of hydrogen-bond donors (Lipinski definition) is 1. The molecular formula is C20H18N4O. The van der Waals surface area contributed by atoms with E-state index in [9.17, 15) is 0 Å². The first-order valence-electron chi connectivity index (χ1n) is 8.10.